The number of pyridine rings is 1. The normalized spacial score (nSPS) is 17.3. The molecule has 1 saturated heterocycles. The fourth-order valence-electron chi connectivity index (χ4n) is 4.80. The lowest BCUT2D eigenvalue weighted by Crippen LogP contribution is -2.41. The van der Waals surface area contributed by atoms with Crippen molar-refractivity contribution in [3.8, 4) is 11.6 Å². The minimum absolute atomic E-state index is 0.00735. The Labute approximate surface area is 239 Å². The number of fused-ring (bicyclic) bond motifs is 1. The number of benzene rings is 2. The molecule has 4 aromatic rings. The summed E-state index contributed by atoms with van der Waals surface area (Å²) >= 11 is 0. The first-order valence-corrected chi connectivity index (χ1v) is 12.9. The Morgan fingerprint density at radius 3 is 2.42 bits per heavy atom. The van der Waals surface area contributed by atoms with Crippen LogP contribution in [0.4, 0.5) is 55.1 Å². The molecule has 2 aromatic carbocycles. The monoisotopic (exact) mass is 605 g/mol. The van der Waals surface area contributed by atoms with Crippen LogP contribution < -0.4 is 20.4 Å². The van der Waals surface area contributed by atoms with Crippen LogP contribution in [-0.2, 0) is 15.7 Å². The van der Waals surface area contributed by atoms with Crippen molar-refractivity contribution in [2.24, 2.45) is 0 Å². The van der Waals surface area contributed by atoms with Gasteiger partial charge < -0.3 is 29.6 Å². The highest BCUT2D eigenvalue weighted by atomic mass is 19.4. The van der Waals surface area contributed by atoms with E-state index >= 15 is 0 Å². The molecule has 224 valence electrons. The summed E-state index contributed by atoms with van der Waals surface area (Å²) < 4.78 is 93.4. The third-order valence-corrected chi connectivity index (χ3v) is 6.89. The fraction of sp³-hybridized carbons (Fsp3) is 0.259. The number of alkyl halides is 3. The molecule has 4 heterocycles. The van der Waals surface area contributed by atoms with Gasteiger partial charge in [0.1, 0.15) is 6.04 Å². The van der Waals surface area contributed by atoms with E-state index in [0.717, 1.165) is 18.2 Å². The first-order chi connectivity index (χ1) is 20.6. The average Bonchev–Trinajstić information content (AvgIpc) is 3.40. The summed E-state index contributed by atoms with van der Waals surface area (Å²) in [5.41, 5.74) is -0.228. The highest BCUT2D eigenvalue weighted by Crippen LogP contribution is 2.38. The minimum atomic E-state index is -4.64. The number of amides is 1. The van der Waals surface area contributed by atoms with Crippen molar-refractivity contribution < 1.29 is 40.3 Å². The van der Waals surface area contributed by atoms with E-state index in [1.807, 2.05) is 0 Å². The zero-order valence-electron chi connectivity index (χ0n) is 22.0. The number of hydrogen-bond acceptors (Lipinski definition) is 9. The topological polar surface area (TPSA) is 109 Å². The highest BCUT2D eigenvalue weighted by Gasteiger charge is 2.34. The summed E-state index contributed by atoms with van der Waals surface area (Å²) in [7, 11) is 0. The third kappa shape index (κ3) is 5.64. The van der Waals surface area contributed by atoms with Crippen molar-refractivity contribution >= 4 is 34.7 Å². The van der Waals surface area contributed by atoms with Gasteiger partial charge in [-0.15, -0.1) is 5.10 Å². The van der Waals surface area contributed by atoms with Crippen molar-refractivity contribution in [2.75, 3.05) is 53.3 Å². The van der Waals surface area contributed by atoms with Crippen molar-refractivity contribution in [1.82, 2.24) is 15.2 Å². The molecule has 2 N–H and O–H groups in total. The largest absolute Gasteiger partial charge is 0.417 e. The van der Waals surface area contributed by atoms with Gasteiger partial charge in [-0.3, -0.25) is 4.79 Å². The van der Waals surface area contributed by atoms with Crippen LogP contribution in [0.3, 0.4) is 0 Å². The number of nitrogens with one attached hydrogen (secondary N) is 2. The van der Waals surface area contributed by atoms with Crippen LogP contribution in [0, 0.1) is 17.5 Å². The van der Waals surface area contributed by atoms with E-state index in [-0.39, 0.29) is 35.5 Å². The van der Waals surface area contributed by atoms with Crippen LogP contribution in [0.25, 0.3) is 11.6 Å². The van der Waals surface area contributed by atoms with Gasteiger partial charge in [-0.05, 0) is 18.2 Å². The molecule has 0 saturated carbocycles. The Morgan fingerprint density at radius 1 is 0.977 bits per heavy atom. The predicted octanol–water partition coefficient (Wildman–Crippen LogP) is 4.98. The summed E-state index contributed by atoms with van der Waals surface area (Å²) in [4.78, 5) is 20.2. The van der Waals surface area contributed by atoms with Crippen LogP contribution in [0.15, 0.2) is 53.1 Å². The van der Waals surface area contributed by atoms with Crippen molar-refractivity contribution in [1.29, 1.82) is 0 Å². The van der Waals surface area contributed by atoms with Crippen LogP contribution in [0.5, 0.6) is 0 Å². The molecule has 43 heavy (non-hydrogen) atoms. The van der Waals surface area contributed by atoms with Gasteiger partial charge in [0, 0.05) is 37.1 Å². The van der Waals surface area contributed by atoms with E-state index in [1.165, 1.54) is 4.90 Å². The molecule has 6 rings (SSSR count). The second-order valence-corrected chi connectivity index (χ2v) is 9.64. The molecule has 0 aliphatic carbocycles. The van der Waals surface area contributed by atoms with Crippen molar-refractivity contribution in [3.05, 3.63) is 71.7 Å². The van der Waals surface area contributed by atoms with E-state index in [0.29, 0.717) is 43.9 Å². The van der Waals surface area contributed by atoms with Gasteiger partial charge in [0.2, 0.25) is 5.91 Å². The molecule has 1 amide bonds. The number of hydrogen-bond donors (Lipinski definition) is 2. The summed E-state index contributed by atoms with van der Waals surface area (Å²) in [5, 5.41) is 13.3. The minimum Gasteiger partial charge on any atom is -0.402 e. The van der Waals surface area contributed by atoms with E-state index in [9.17, 15) is 31.1 Å². The van der Waals surface area contributed by atoms with Crippen LogP contribution in [-0.4, -0.2) is 60.0 Å². The molecule has 2 aromatic heterocycles. The SMILES string of the molecule is O=C1Nc2ccccc2N(c2cc(F)c(F)c(F)c2)C[C@@H]1Nc1nnc(-c2ncc(C(F)(F)F)cc2N2CCOCC2)o1. The molecule has 1 atom stereocenters. The Morgan fingerprint density at radius 2 is 1.70 bits per heavy atom. The van der Waals surface area contributed by atoms with Gasteiger partial charge in [0.25, 0.3) is 5.89 Å². The van der Waals surface area contributed by atoms with Gasteiger partial charge in [0.15, 0.2) is 23.1 Å². The van der Waals surface area contributed by atoms with Crippen LogP contribution >= 0.6 is 0 Å². The summed E-state index contributed by atoms with van der Waals surface area (Å²) in [6.07, 6.45) is -3.98. The molecule has 2 aliphatic heterocycles. The zero-order chi connectivity index (χ0) is 30.3. The number of para-hydroxylation sites is 2. The Hall–Kier alpha value is -4.86. The molecule has 2 aliphatic rings. The van der Waals surface area contributed by atoms with Gasteiger partial charge in [0.05, 0.1) is 42.4 Å². The Bertz CT molecular complexity index is 1650. The van der Waals surface area contributed by atoms with Gasteiger partial charge in [-0.25, -0.2) is 18.2 Å². The maximum absolute atomic E-state index is 14.2. The van der Waals surface area contributed by atoms with E-state index in [1.54, 1.807) is 29.2 Å². The maximum atomic E-state index is 14.2. The van der Waals surface area contributed by atoms with E-state index in [2.05, 4.69) is 25.8 Å². The lowest BCUT2D eigenvalue weighted by molar-refractivity contribution is -0.137. The van der Waals surface area contributed by atoms with Gasteiger partial charge in [-0.1, -0.05) is 17.2 Å². The molecular formula is C27H21F6N7O3. The van der Waals surface area contributed by atoms with E-state index in [4.69, 9.17) is 9.15 Å². The number of carbonyl (C=O) groups is 1. The molecule has 0 unspecified atom stereocenters. The number of ether oxygens (including phenoxy) is 1. The van der Waals surface area contributed by atoms with Gasteiger partial charge in [-0.2, -0.15) is 13.2 Å². The number of morpholine rings is 1. The van der Waals surface area contributed by atoms with Crippen molar-refractivity contribution in [3.63, 3.8) is 0 Å². The van der Waals surface area contributed by atoms with Crippen LogP contribution in [0.2, 0.25) is 0 Å². The fourth-order valence-corrected chi connectivity index (χ4v) is 4.80. The molecule has 10 nitrogen and oxygen atoms in total. The molecule has 1 fully saturated rings. The lowest BCUT2D eigenvalue weighted by Gasteiger charge is -2.30. The predicted molar refractivity (Wildman–Crippen MR) is 141 cm³/mol. The first-order valence-electron chi connectivity index (χ1n) is 12.9. The molecule has 0 radical (unpaired) electrons. The number of rotatable bonds is 5. The molecule has 0 bridgehead atoms. The molecule has 0 spiro atoms. The standard InChI is InChI=1S/C27H21F6N7O3/c28-16-10-15(11-17(29)22(16)30)40-13-19(24(41)35-18-3-1-2-4-20(18)40)36-26-38-37-25(43-26)23-21(39-5-7-42-8-6-39)9-14(12-34-23)27(31,32)33/h1-4,9-12,19H,5-8,13H2,(H,35,41)(H,36,38)/t19-/m0/s1. The number of halogens is 6. The number of carbonyl (C=O) groups excluding carboxylic acids is 1. The highest BCUT2D eigenvalue weighted by molar-refractivity contribution is 6.02. The summed E-state index contributed by atoms with van der Waals surface area (Å²) in [6.45, 7) is 0.979. The second kappa shape index (κ2) is 11.1. The number of nitrogens with zero attached hydrogens (tertiary/aromatic N) is 5. The smallest absolute Gasteiger partial charge is 0.402 e. The third-order valence-electron chi connectivity index (χ3n) is 6.89. The molecule has 16 heteroatoms. The average molecular weight is 605 g/mol. The summed E-state index contributed by atoms with van der Waals surface area (Å²) in [5.74, 6) is -5.25. The first kappa shape index (κ1) is 28.3. The van der Waals surface area contributed by atoms with Crippen molar-refractivity contribution in [2.45, 2.75) is 12.2 Å². The summed E-state index contributed by atoms with van der Waals surface area (Å²) in [6, 6.07) is 7.59. The molecular weight excluding hydrogens is 584 g/mol. The maximum Gasteiger partial charge on any atom is 0.417 e. The number of aromatic nitrogens is 3. The lowest BCUT2D eigenvalue weighted by atomic mass is 10.1. The van der Waals surface area contributed by atoms with Crippen LogP contribution in [0.1, 0.15) is 5.56 Å². The van der Waals surface area contributed by atoms with Gasteiger partial charge >= 0.3 is 12.2 Å². The van der Waals surface area contributed by atoms with E-state index < -0.39 is 41.1 Å². The Balaban J connectivity index is 1.32. The number of anilines is 5. The quantitative estimate of drug-likeness (QED) is 0.241. The Kier molecular flexibility index (Phi) is 7.29. The second-order valence-electron chi connectivity index (χ2n) is 9.64. The zero-order valence-corrected chi connectivity index (χ0v) is 22.0.